The maximum atomic E-state index is 3.60. The van der Waals surface area contributed by atoms with E-state index in [0.29, 0.717) is 5.92 Å². The van der Waals surface area contributed by atoms with E-state index in [9.17, 15) is 0 Å². The minimum absolute atomic E-state index is 0.559. The molecule has 1 N–H and O–H groups in total. The second-order valence-electron chi connectivity index (χ2n) is 7.60. The van der Waals surface area contributed by atoms with Gasteiger partial charge in [0.25, 0.3) is 0 Å². The number of nitrogens with one attached hydrogen (secondary N) is 1. The van der Waals surface area contributed by atoms with E-state index in [2.05, 4.69) is 84.7 Å². The van der Waals surface area contributed by atoms with E-state index in [1.54, 1.807) is 0 Å². The number of aromatic amines is 1. The van der Waals surface area contributed by atoms with Crippen LogP contribution in [0.25, 0.3) is 43.5 Å². The van der Waals surface area contributed by atoms with Gasteiger partial charge in [-0.05, 0) is 46.9 Å². The highest BCUT2D eigenvalue weighted by Gasteiger charge is 2.16. The Hall–Kier alpha value is -2.84. The smallest absolute Gasteiger partial charge is 0.0470 e. The average molecular weight is 366 g/mol. The van der Waals surface area contributed by atoms with Gasteiger partial charge in [0.05, 0.1) is 0 Å². The maximum Gasteiger partial charge on any atom is 0.0470 e. The Morgan fingerprint density at radius 3 is 2.56 bits per heavy atom. The standard InChI is InChI=1S/C25H19NS/c1-15-12-20(25-21(13-15)19-7-3-5-9-24(19)27-25)16-10-11-18-17-6-2-4-8-22(17)26-23(18)14-16/h2-11,13-15,26H,12H2,1H3. The fraction of sp³-hybridized carbons (Fsp3) is 0.120. The summed E-state index contributed by atoms with van der Waals surface area (Å²) in [6.45, 7) is 2.33. The molecular formula is C25H19NS. The molecule has 1 aliphatic rings. The van der Waals surface area contributed by atoms with Crippen LogP contribution in [0.2, 0.25) is 0 Å². The Morgan fingerprint density at radius 1 is 0.852 bits per heavy atom. The van der Waals surface area contributed by atoms with E-state index >= 15 is 0 Å². The zero-order chi connectivity index (χ0) is 18.0. The molecule has 3 aromatic carbocycles. The molecule has 2 heterocycles. The summed E-state index contributed by atoms with van der Waals surface area (Å²) in [5, 5.41) is 5.44. The predicted octanol–water partition coefficient (Wildman–Crippen LogP) is 5.56. The molecule has 6 rings (SSSR count). The first-order valence-corrected chi connectivity index (χ1v) is 10.3. The van der Waals surface area contributed by atoms with Gasteiger partial charge >= 0.3 is 0 Å². The molecule has 0 fully saturated rings. The van der Waals surface area contributed by atoms with Gasteiger partial charge in [-0.1, -0.05) is 61.5 Å². The monoisotopic (exact) mass is 365 g/mol. The molecule has 0 radical (unpaired) electrons. The Balaban J connectivity index is 1.68. The highest BCUT2D eigenvalue weighted by atomic mass is 32.1. The van der Waals surface area contributed by atoms with Crippen LogP contribution < -0.4 is 9.75 Å². The van der Waals surface area contributed by atoms with E-state index in [1.165, 1.54) is 52.8 Å². The number of rotatable bonds is 1. The number of benzene rings is 3. The van der Waals surface area contributed by atoms with Crippen molar-refractivity contribution in [2.75, 3.05) is 0 Å². The maximum absolute atomic E-state index is 3.60. The van der Waals surface area contributed by atoms with Gasteiger partial charge in [0.2, 0.25) is 0 Å². The molecule has 1 aliphatic carbocycles. The van der Waals surface area contributed by atoms with E-state index in [-0.39, 0.29) is 0 Å². The van der Waals surface area contributed by atoms with Gasteiger partial charge in [0.1, 0.15) is 0 Å². The summed E-state index contributed by atoms with van der Waals surface area (Å²) in [5.41, 5.74) is 5.28. The van der Waals surface area contributed by atoms with Gasteiger partial charge in [-0.25, -0.2) is 0 Å². The SMILES string of the molecule is CC1C=c2c(sc3ccccc23)=C(c2ccc3c(c2)[nH]c2ccccc23)C1. The average Bonchev–Trinajstić information content (AvgIpc) is 3.25. The van der Waals surface area contributed by atoms with Crippen molar-refractivity contribution in [3.63, 3.8) is 0 Å². The van der Waals surface area contributed by atoms with Gasteiger partial charge in [0.15, 0.2) is 0 Å². The first kappa shape index (κ1) is 15.2. The molecule has 0 saturated carbocycles. The molecule has 2 aromatic heterocycles. The Bertz CT molecular complexity index is 1470. The fourth-order valence-electron chi connectivity index (χ4n) is 4.50. The Kier molecular flexibility index (Phi) is 3.15. The summed E-state index contributed by atoms with van der Waals surface area (Å²) in [7, 11) is 0. The van der Waals surface area contributed by atoms with Crippen LogP contribution in [-0.4, -0.2) is 4.98 Å². The molecule has 0 bridgehead atoms. The highest BCUT2D eigenvalue weighted by molar-refractivity contribution is 7.17. The first-order valence-electron chi connectivity index (χ1n) is 9.51. The predicted molar refractivity (Wildman–Crippen MR) is 118 cm³/mol. The molecular weight excluding hydrogens is 346 g/mol. The number of H-pyrrole nitrogens is 1. The molecule has 5 aromatic rings. The largest absolute Gasteiger partial charge is 0.354 e. The minimum Gasteiger partial charge on any atom is -0.354 e. The van der Waals surface area contributed by atoms with E-state index < -0.39 is 0 Å². The molecule has 2 heteroatoms. The van der Waals surface area contributed by atoms with Crippen LogP contribution in [0.3, 0.4) is 0 Å². The van der Waals surface area contributed by atoms with E-state index in [0.717, 1.165) is 6.42 Å². The van der Waals surface area contributed by atoms with Crippen LogP contribution in [0.4, 0.5) is 0 Å². The van der Waals surface area contributed by atoms with Gasteiger partial charge in [-0.15, -0.1) is 11.3 Å². The molecule has 1 unspecified atom stereocenters. The van der Waals surface area contributed by atoms with E-state index in [4.69, 9.17) is 0 Å². The van der Waals surface area contributed by atoms with Crippen molar-refractivity contribution in [1.82, 2.24) is 4.98 Å². The summed E-state index contributed by atoms with van der Waals surface area (Å²) in [4.78, 5) is 3.60. The molecule has 0 amide bonds. The minimum atomic E-state index is 0.559. The lowest BCUT2D eigenvalue weighted by atomic mass is 9.90. The lowest BCUT2D eigenvalue weighted by molar-refractivity contribution is 0.789. The second kappa shape index (κ2) is 5.58. The normalized spacial score (nSPS) is 16.8. The lowest BCUT2D eigenvalue weighted by Gasteiger charge is -2.15. The van der Waals surface area contributed by atoms with Crippen LogP contribution in [0.5, 0.6) is 0 Å². The van der Waals surface area contributed by atoms with Gasteiger partial charge in [0, 0.05) is 36.4 Å². The van der Waals surface area contributed by atoms with Crippen LogP contribution in [0, 0.1) is 5.92 Å². The zero-order valence-electron chi connectivity index (χ0n) is 15.1. The fourth-order valence-corrected chi connectivity index (χ4v) is 5.77. The quantitative estimate of drug-likeness (QED) is 0.400. The molecule has 0 saturated heterocycles. The van der Waals surface area contributed by atoms with E-state index in [1.807, 2.05) is 11.3 Å². The van der Waals surface area contributed by atoms with Crippen molar-refractivity contribution < 1.29 is 0 Å². The van der Waals surface area contributed by atoms with Crippen LogP contribution in [-0.2, 0) is 0 Å². The Morgan fingerprint density at radius 2 is 1.63 bits per heavy atom. The number of para-hydroxylation sites is 1. The molecule has 1 atom stereocenters. The highest BCUT2D eigenvalue weighted by Crippen LogP contribution is 2.31. The number of fused-ring (bicyclic) bond motifs is 6. The number of thiophene rings is 1. The number of hydrogen-bond acceptors (Lipinski definition) is 1. The van der Waals surface area contributed by atoms with Gasteiger partial charge in [-0.2, -0.15) is 0 Å². The zero-order valence-corrected chi connectivity index (χ0v) is 15.9. The number of aromatic nitrogens is 1. The summed E-state index contributed by atoms with van der Waals surface area (Å²) in [5.74, 6) is 0.559. The van der Waals surface area contributed by atoms with Gasteiger partial charge in [-0.3, -0.25) is 0 Å². The summed E-state index contributed by atoms with van der Waals surface area (Å²) < 4.78 is 2.84. The topological polar surface area (TPSA) is 15.8 Å². The molecule has 27 heavy (non-hydrogen) atoms. The third kappa shape index (κ3) is 2.23. The summed E-state index contributed by atoms with van der Waals surface area (Å²) in [6.07, 6.45) is 3.56. The molecule has 1 nitrogen and oxygen atoms in total. The second-order valence-corrected chi connectivity index (χ2v) is 8.65. The first-order chi connectivity index (χ1) is 13.3. The van der Waals surface area contributed by atoms with Crippen molar-refractivity contribution in [3.8, 4) is 0 Å². The molecule has 130 valence electrons. The van der Waals surface area contributed by atoms with Crippen LogP contribution in [0.15, 0.2) is 66.7 Å². The van der Waals surface area contributed by atoms with Gasteiger partial charge < -0.3 is 4.98 Å². The molecule has 0 spiro atoms. The third-order valence-electron chi connectivity index (χ3n) is 5.74. The van der Waals surface area contributed by atoms with Crippen molar-refractivity contribution in [3.05, 3.63) is 82.0 Å². The van der Waals surface area contributed by atoms with Crippen LogP contribution in [0.1, 0.15) is 18.9 Å². The van der Waals surface area contributed by atoms with Crippen molar-refractivity contribution in [2.24, 2.45) is 5.92 Å². The van der Waals surface area contributed by atoms with Crippen molar-refractivity contribution in [2.45, 2.75) is 13.3 Å². The Labute approximate surface area is 161 Å². The number of hydrogen-bond donors (Lipinski definition) is 1. The van der Waals surface area contributed by atoms with Crippen molar-refractivity contribution in [1.29, 1.82) is 0 Å². The molecule has 0 aliphatic heterocycles. The summed E-state index contributed by atoms with van der Waals surface area (Å²) in [6, 6.07) is 24.3. The van der Waals surface area contributed by atoms with Crippen LogP contribution >= 0.6 is 11.3 Å². The third-order valence-corrected chi connectivity index (χ3v) is 6.99. The summed E-state index contributed by atoms with van der Waals surface area (Å²) >= 11 is 1.94. The van der Waals surface area contributed by atoms with Crippen molar-refractivity contribution >= 4 is 54.9 Å². The lowest BCUT2D eigenvalue weighted by Crippen LogP contribution is -2.27.